The van der Waals surface area contributed by atoms with Gasteiger partial charge in [0.2, 0.25) is 0 Å². The molecule has 0 saturated heterocycles. The van der Waals surface area contributed by atoms with Crippen molar-refractivity contribution in [3.63, 3.8) is 0 Å². The number of fused-ring (bicyclic) bond motifs is 3. The van der Waals surface area contributed by atoms with Crippen LogP contribution < -0.4 is 0 Å². The summed E-state index contributed by atoms with van der Waals surface area (Å²) >= 11 is 3.77. The Balaban J connectivity index is 1.73. The first-order valence-corrected chi connectivity index (χ1v) is 8.42. The Labute approximate surface area is 125 Å². The number of aromatic nitrogens is 1. The van der Waals surface area contributed by atoms with Gasteiger partial charge in [0.05, 0.1) is 9.73 Å². The molecule has 0 amide bonds. The fourth-order valence-corrected chi connectivity index (χ4v) is 4.63. The van der Waals surface area contributed by atoms with Gasteiger partial charge in [0, 0.05) is 28.2 Å². The van der Waals surface area contributed by atoms with Crippen LogP contribution >= 0.6 is 23.1 Å². The van der Waals surface area contributed by atoms with Crippen molar-refractivity contribution in [1.82, 2.24) is 4.40 Å². The van der Waals surface area contributed by atoms with Crippen molar-refractivity contribution >= 4 is 39.5 Å². The van der Waals surface area contributed by atoms with Gasteiger partial charge in [-0.05, 0) is 23.8 Å². The molecule has 3 heteroatoms. The summed E-state index contributed by atoms with van der Waals surface area (Å²) in [5, 5.41) is 3.60. The Morgan fingerprint density at radius 3 is 2.75 bits per heavy atom. The number of rotatable bonds is 3. The van der Waals surface area contributed by atoms with Crippen molar-refractivity contribution < 1.29 is 0 Å². The van der Waals surface area contributed by atoms with Crippen molar-refractivity contribution in [3.8, 4) is 0 Å². The van der Waals surface area contributed by atoms with E-state index in [2.05, 4.69) is 70.6 Å². The number of benzene rings is 1. The van der Waals surface area contributed by atoms with Crippen LogP contribution in [0.1, 0.15) is 5.56 Å². The van der Waals surface area contributed by atoms with E-state index < -0.39 is 0 Å². The third-order valence-corrected chi connectivity index (χ3v) is 5.76. The van der Waals surface area contributed by atoms with E-state index in [1.54, 1.807) is 0 Å². The average molecular weight is 295 g/mol. The molecule has 1 aromatic carbocycles. The van der Waals surface area contributed by atoms with E-state index in [9.17, 15) is 0 Å². The highest BCUT2D eigenvalue weighted by Crippen LogP contribution is 2.37. The molecule has 1 nitrogen and oxygen atoms in total. The molecule has 0 aliphatic carbocycles. The topological polar surface area (TPSA) is 4.41 Å². The largest absolute Gasteiger partial charge is 0.315 e. The molecule has 3 aromatic heterocycles. The van der Waals surface area contributed by atoms with Gasteiger partial charge in [-0.15, -0.1) is 23.1 Å². The molecule has 98 valence electrons. The lowest BCUT2D eigenvalue weighted by Crippen LogP contribution is -1.82. The van der Waals surface area contributed by atoms with Crippen molar-refractivity contribution in [3.05, 3.63) is 71.7 Å². The molecule has 0 fully saturated rings. The monoisotopic (exact) mass is 295 g/mol. The SMILES string of the molecule is c1ccc(CSc2scc3cc4ccccn4c23)cc1. The summed E-state index contributed by atoms with van der Waals surface area (Å²) in [6.07, 6.45) is 2.15. The van der Waals surface area contributed by atoms with Crippen molar-refractivity contribution in [2.45, 2.75) is 9.96 Å². The highest BCUT2D eigenvalue weighted by atomic mass is 32.2. The van der Waals surface area contributed by atoms with Gasteiger partial charge in [0.1, 0.15) is 0 Å². The fraction of sp³-hybridized carbons (Fsp3) is 0.0588. The van der Waals surface area contributed by atoms with Gasteiger partial charge in [-0.2, -0.15) is 0 Å². The molecular weight excluding hydrogens is 282 g/mol. The highest BCUT2D eigenvalue weighted by molar-refractivity contribution is 8.00. The molecular formula is C17H13NS2. The summed E-state index contributed by atoms with van der Waals surface area (Å²) in [6, 6.07) is 19.3. The molecule has 0 radical (unpaired) electrons. The van der Waals surface area contributed by atoms with E-state index in [1.807, 2.05) is 23.1 Å². The maximum absolute atomic E-state index is 2.29. The molecule has 0 aliphatic rings. The van der Waals surface area contributed by atoms with Crippen molar-refractivity contribution in [2.75, 3.05) is 0 Å². The lowest BCUT2D eigenvalue weighted by molar-refractivity contribution is 1.24. The number of nitrogens with zero attached hydrogens (tertiary/aromatic N) is 1. The third kappa shape index (κ3) is 2.03. The zero-order valence-electron chi connectivity index (χ0n) is 10.8. The number of hydrogen-bond acceptors (Lipinski definition) is 2. The second-order valence-electron chi connectivity index (χ2n) is 4.74. The minimum absolute atomic E-state index is 1.02. The molecule has 3 heterocycles. The van der Waals surface area contributed by atoms with Crippen LogP contribution in [-0.4, -0.2) is 4.40 Å². The number of thiophene rings is 1. The fourth-order valence-electron chi connectivity index (χ4n) is 2.45. The molecule has 4 aromatic rings. The minimum Gasteiger partial charge on any atom is -0.315 e. The van der Waals surface area contributed by atoms with Crippen LogP contribution in [0.15, 0.2) is 70.4 Å². The van der Waals surface area contributed by atoms with Crippen LogP contribution in [0.5, 0.6) is 0 Å². The van der Waals surface area contributed by atoms with Crippen molar-refractivity contribution in [2.24, 2.45) is 0 Å². The summed E-state index contributed by atoms with van der Waals surface area (Å²) in [5.41, 5.74) is 4.00. The van der Waals surface area contributed by atoms with Gasteiger partial charge in [0.15, 0.2) is 0 Å². The lowest BCUT2D eigenvalue weighted by atomic mass is 10.2. The predicted molar refractivity (Wildman–Crippen MR) is 88.8 cm³/mol. The van der Waals surface area contributed by atoms with Crippen LogP contribution in [0.2, 0.25) is 0 Å². The van der Waals surface area contributed by atoms with E-state index in [-0.39, 0.29) is 0 Å². The Kier molecular flexibility index (Phi) is 3.02. The number of hydrogen-bond donors (Lipinski definition) is 0. The second-order valence-corrected chi connectivity index (χ2v) is 6.86. The lowest BCUT2D eigenvalue weighted by Gasteiger charge is -2.01. The summed E-state index contributed by atoms with van der Waals surface area (Å²) in [7, 11) is 0. The Morgan fingerprint density at radius 1 is 1.00 bits per heavy atom. The molecule has 20 heavy (non-hydrogen) atoms. The minimum atomic E-state index is 1.02. The maximum Gasteiger partial charge on any atom is 0.0849 e. The Bertz CT molecular complexity index is 858. The smallest absolute Gasteiger partial charge is 0.0849 e. The predicted octanol–water partition coefficient (Wildman–Crippen LogP) is 5.45. The Morgan fingerprint density at radius 2 is 1.85 bits per heavy atom. The van der Waals surface area contributed by atoms with E-state index in [0.717, 1.165) is 5.75 Å². The number of thioether (sulfide) groups is 1. The van der Waals surface area contributed by atoms with Gasteiger partial charge >= 0.3 is 0 Å². The first-order valence-electron chi connectivity index (χ1n) is 6.56. The van der Waals surface area contributed by atoms with Gasteiger partial charge in [0.25, 0.3) is 0 Å². The second kappa shape index (κ2) is 5.00. The molecule has 0 aliphatic heterocycles. The first kappa shape index (κ1) is 12.1. The van der Waals surface area contributed by atoms with Gasteiger partial charge in [-0.25, -0.2) is 0 Å². The molecule has 0 spiro atoms. The average Bonchev–Trinajstić information content (AvgIpc) is 3.05. The maximum atomic E-state index is 2.29. The number of pyridine rings is 1. The molecule has 0 bridgehead atoms. The van der Waals surface area contributed by atoms with Gasteiger partial charge in [-0.3, -0.25) is 0 Å². The van der Waals surface area contributed by atoms with Crippen LogP contribution in [0, 0.1) is 0 Å². The molecule has 4 rings (SSSR count). The zero-order valence-corrected chi connectivity index (χ0v) is 12.5. The summed E-state index contributed by atoms with van der Waals surface area (Å²) in [6.45, 7) is 0. The molecule has 0 saturated carbocycles. The molecule has 0 atom stereocenters. The standard InChI is InChI=1S/C17H13NS2/c1-2-6-13(7-3-1)11-19-17-16-14(12-20-17)10-15-8-4-5-9-18(15)16/h1-10,12H,11H2. The Hall–Kier alpha value is -1.71. The zero-order chi connectivity index (χ0) is 13.4. The van der Waals surface area contributed by atoms with E-state index >= 15 is 0 Å². The van der Waals surface area contributed by atoms with Crippen LogP contribution in [0.4, 0.5) is 0 Å². The first-order chi connectivity index (χ1) is 9.92. The third-order valence-electron chi connectivity index (χ3n) is 3.41. The van der Waals surface area contributed by atoms with Crippen LogP contribution in [0.25, 0.3) is 16.4 Å². The van der Waals surface area contributed by atoms with E-state index in [4.69, 9.17) is 0 Å². The normalized spacial score (nSPS) is 11.4. The van der Waals surface area contributed by atoms with Crippen LogP contribution in [0.3, 0.4) is 0 Å². The van der Waals surface area contributed by atoms with Gasteiger partial charge in [-0.1, -0.05) is 36.4 Å². The summed E-state index contributed by atoms with van der Waals surface area (Å²) in [5.74, 6) is 1.02. The quantitative estimate of drug-likeness (QED) is 0.455. The van der Waals surface area contributed by atoms with E-state index in [1.165, 1.54) is 26.2 Å². The molecule has 0 N–H and O–H groups in total. The highest BCUT2D eigenvalue weighted by Gasteiger charge is 2.10. The van der Waals surface area contributed by atoms with Gasteiger partial charge < -0.3 is 4.40 Å². The summed E-state index contributed by atoms with van der Waals surface area (Å²) in [4.78, 5) is 0. The molecule has 0 unspecified atom stereocenters. The van der Waals surface area contributed by atoms with Crippen LogP contribution in [-0.2, 0) is 5.75 Å². The summed E-state index contributed by atoms with van der Waals surface area (Å²) < 4.78 is 3.69. The van der Waals surface area contributed by atoms with Crippen molar-refractivity contribution in [1.29, 1.82) is 0 Å². The van der Waals surface area contributed by atoms with E-state index in [0.29, 0.717) is 0 Å².